The van der Waals surface area contributed by atoms with Crippen LogP contribution in [0.4, 0.5) is 0 Å². The van der Waals surface area contributed by atoms with Gasteiger partial charge >= 0.3 is 0 Å². The van der Waals surface area contributed by atoms with E-state index in [1.807, 2.05) is 0 Å². The molecule has 1 N–H and O–H groups in total. The first-order valence-corrected chi connectivity index (χ1v) is 7.12. The summed E-state index contributed by atoms with van der Waals surface area (Å²) in [6.07, 6.45) is 13.2. The summed E-state index contributed by atoms with van der Waals surface area (Å²) in [7, 11) is 0. The smallest absolute Gasteiger partial charge is 0.00698 e. The van der Waals surface area contributed by atoms with Crippen molar-refractivity contribution in [2.45, 2.75) is 70.8 Å². The first-order valence-electron chi connectivity index (χ1n) is 7.12. The zero-order chi connectivity index (χ0) is 10.5. The Bertz CT molecular complexity index is 170. The third kappa shape index (κ3) is 4.14. The zero-order valence-electron chi connectivity index (χ0n) is 10.3. The van der Waals surface area contributed by atoms with E-state index >= 15 is 0 Å². The molecule has 0 aromatic carbocycles. The van der Waals surface area contributed by atoms with Crippen LogP contribution in [0.1, 0.15) is 64.7 Å². The van der Waals surface area contributed by atoms with Crippen LogP contribution in [0, 0.1) is 11.8 Å². The molecule has 2 fully saturated rings. The van der Waals surface area contributed by atoms with Crippen LogP contribution in [0.25, 0.3) is 0 Å². The maximum Gasteiger partial charge on any atom is 0.00698 e. The van der Waals surface area contributed by atoms with Crippen LogP contribution in [0.5, 0.6) is 0 Å². The number of hydrogen-bond donors (Lipinski definition) is 1. The van der Waals surface area contributed by atoms with E-state index in [9.17, 15) is 0 Å². The minimum Gasteiger partial charge on any atom is -0.314 e. The molecule has 0 amide bonds. The maximum absolute atomic E-state index is 3.75. The molecule has 0 aromatic rings. The van der Waals surface area contributed by atoms with E-state index in [0.717, 1.165) is 17.9 Å². The molecule has 0 saturated heterocycles. The second-order valence-electron chi connectivity index (χ2n) is 5.70. The first kappa shape index (κ1) is 11.4. The van der Waals surface area contributed by atoms with Gasteiger partial charge in [-0.2, -0.15) is 0 Å². The van der Waals surface area contributed by atoms with Gasteiger partial charge in [-0.15, -0.1) is 0 Å². The summed E-state index contributed by atoms with van der Waals surface area (Å²) in [5.74, 6) is 2.18. The summed E-state index contributed by atoms with van der Waals surface area (Å²) >= 11 is 0. The number of rotatable bonds is 8. The predicted molar refractivity (Wildman–Crippen MR) is 66.0 cm³/mol. The molecule has 0 radical (unpaired) electrons. The summed E-state index contributed by atoms with van der Waals surface area (Å²) in [5.41, 5.74) is 0. The molecule has 1 atom stereocenters. The average molecular weight is 209 g/mol. The Morgan fingerprint density at radius 1 is 1.13 bits per heavy atom. The van der Waals surface area contributed by atoms with Gasteiger partial charge in [0.15, 0.2) is 0 Å². The molecule has 2 saturated carbocycles. The lowest BCUT2D eigenvalue weighted by molar-refractivity contribution is 0.251. The van der Waals surface area contributed by atoms with Gasteiger partial charge < -0.3 is 5.32 Å². The molecule has 2 aliphatic carbocycles. The van der Waals surface area contributed by atoms with Crippen molar-refractivity contribution in [2.24, 2.45) is 11.8 Å². The molecule has 0 heterocycles. The van der Waals surface area contributed by atoms with Gasteiger partial charge in [0.2, 0.25) is 0 Å². The first-order chi connectivity index (χ1) is 7.38. The van der Waals surface area contributed by atoms with Crippen molar-refractivity contribution in [3.05, 3.63) is 0 Å². The van der Waals surface area contributed by atoms with Crippen LogP contribution >= 0.6 is 0 Å². The third-order valence-electron chi connectivity index (χ3n) is 4.15. The summed E-state index contributed by atoms with van der Waals surface area (Å²) < 4.78 is 0. The van der Waals surface area contributed by atoms with E-state index in [1.165, 1.54) is 64.3 Å². The molecule has 0 aromatic heterocycles. The van der Waals surface area contributed by atoms with Gasteiger partial charge in [-0.25, -0.2) is 0 Å². The fraction of sp³-hybridized carbons (Fsp3) is 1.00. The lowest BCUT2D eigenvalue weighted by atomic mass is 9.80. The van der Waals surface area contributed by atoms with Crippen molar-refractivity contribution in [1.29, 1.82) is 0 Å². The molecule has 88 valence electrons. The molecule has 1 nitrogen and oxygen atoms in total. The van der Waals surface area contributed by atoms with Gasteiger partial charge in [-0.1, -0.05) is 39.0 Å². The Morgan fingerprint density at radius 2 is 1.93 bits per heavy atom. The van der Waals surface area contributed by atoms with Gasteiger partial charge in [0.1, 0.15) is 0 Å². The second kappa shape index (κ2) is 5.89. The highest BCUT2D eigenvalue weighted by Crippen LogP contribution is 2.36. The monoisotopic (exact) mass is 209 g/mol. The molecule has 0 aliphatic heterocycles. The van der Waals surface area contributed by atoms with Crippen molar-refractivity contribution in [2.75, 3.05) is 6.54 Å². The molecule has 1 unspecified atom stereocenters. The van der Waals surface area contributed by atoms with Crippen LogP contribution in [0.15, 0.2) is 0 Å². The van der Waals surface area contributed by atoms with Crippen molar-refractivity contribution < 1.29 is 0 Å². The lowest BCUT2D eigenvalue weighted by Gasteiger charge is -2.30. The fourth-order valence-corrected chi connectivity index (χ4v) is 2.63. The fourth-order valence-electron chi connectivity index (χ4n) is 2.63. The quantitative estimate of drug-likeness (QED) is 0.642. The third-order valence-corrected chi connectivity index (χ3v) is 4.15. The van der Waals surface area contributed by atoms with Crippen molar-refractivity contribution in [1.82, 2.24) is 5.32 Å². The molecular formula is C14H27N. The highest BCUT2D eigenvalue weighted by atomic mass is 14.9. The van der Waals surface area contributed by atoms with Crippen molar-refractivity contribution in [3.8, 4) is 0 Å². The topological polar surface area (TPSA) is 12.0 Å². The standard InChI is InChI=1S/C14H27N/c1-2-10-15-14(9-8-12-6-7-12)11-13-4-3-5-13/h12-15H,2-11H2,1H3. The molecule has 15 heavy (non-hydrogen) atoms. The second-order valence-corrected chi connectivity index (χ2v) is 5.70. The van der Waals surface area contributed by atoms with E-state index in [2.05, 4.69) is 12.2 Å². The zero-order valence-corrected chi connectivity index (χ0v) is 10.3. The summed E-state index contributed by atoms with van der Waals surface area (Å²) in [4.78, 5) is 0. The number of nitrogens with one attached hydrogen (secondary N) is 1. The van der Waals surface area contributed by atoms with Gasteiger partial charge in [-0.05, 0) is 44.1 Å². The van der Waals surface area contributed by atoms with Crippen LogP contribution in [-0.4, -0.2) is 12.6 Å². The molecule has 0 spiro atoms. The van der Waals surface area contributed by atoms with Crippen LogP contribution in [-0.2, 0) is 0 Å². The Balaban J connectivity index is 1.62. The van der Waals surface area contributed by atoms with Crippen LogP contribution in [0.2, 0.25) is 0 Å². The highest BCUT2D eigenvalue weighted by molar-refractivity contribution is 4.80. The Hall–Kier alpha value is -0.0400. The van der Waals surface area contributed by atoms with Gasteiger partial charge in [0.05, 0.1) is 0 Å². The normalized spacial score (nSPS) is 23.8. The molecule has 0 bridgehead atoms. The summed E-state index contributed by atoms with van der Waals surface area (Å²) in [6, 6.07) is 0.843. The largest absolute Gasteiger partial charge is 0.314 e. The summed E-state index contributed by atoms with van der Waals surface area (Å²) in [5, 5.41) is 3.75. The van der Waals surface area contributed by atoms with E-state index < -0.39 is 0 Å². The van der Waals surface area contributed by atoms with Gasteiger partial charge in [-0.3, -0.25) is 0 Å². The Kier molecular flexibility index (Phi) is 4.49. The van der Waals surface area contributed by atoms with Crippen LogP contribution in [0.3, 0.4) is 0 Å². The minimum atomic E-state index is 0.843. The average Bonchev–Trinajstić information content (AvgIpc) is 2.97. The van der Waals surface area contributed by atoms with Gasteiger partial charge in [0.25, 0.3) is 0 Å². The number of hydrogen-bond acceptors (Lipinski definition) is 1. The predicted octanol–water partition coefficient (Wildman–Crippen LogP) is 3.74. The Morgan fingerprint density at radius 3 is 2.47 bits per heavy atom. The molecule has 2 rings (SSSR count). The SMILES string of the molecule is CCCNC(CCC1CC1)CC1CCC1. The molecular weight excluding hydrogens is 182 g/mol. The summed E-state index contributed by atoms with van der Waals surface area (Å²) in [6.45, 7) is 3.50. The van der Waals surface area contributed by atoms with Crippen LogP contribution < -0.4 is 5.32 Å². The molecule has 2 aliphatic rings. The van der Waals surface area contributed by atoms with Crippen molar-refractivity contribution >= 4 is 0 Å². The Labute approximate surface area is 95.0 Å². The van der Waals surface area contributed by atoms with E-state index in [1.54, 1.807) is 0 Å². The maximum atomic E-state index is 3.75. The van der Waals surface area contributed by atoms with E-state index in [-0.39, 0.29) is 0 Å². The van der Waals surface area contributed by atoms with E-state index in [4.69, 9.17) is 0 Å². The van der Waals surface area contributed by atoms with Crippen molar-refractivity contribution in [3.63, 3.8) is 0 Å². The lowest BCUT2D eigenvalue weighted by Crippen LogP contribution is -2.33. The van der Waals surface area contributed by atoms with E-state index in [0.29, 0.717) is 0 Å². The minimum absolute atomic E-state index is 0.843. The highest BCUT2D eigenvalue weighted by Gasteiger charge is 2.25. The molecule has 1 heteroatoms. The van der Waals surface area contributed by atoms with Gasteiger partial charge in [0, 0.05) is 6.04 Å².